The fourth-order valence-corrected chi connectivity index (χ4v) is 3.71. The molecule has 1 aliphatic rings. The third-order valence-electron chi connectivity index (χ3n) is 5.06. The van der Waals surface area contributed by atoms with Gasteiger partial charge in [0.25, 0.3) is 0 Å². The summed E-state index contributed by atoms with van der Waals surface area (Å²) in [7, 11) is 0. The van der Waals surface area contributed by atoms with Crippen LogP contribution in [-0.4, -0.2) is 5.11 Å². The Bertz CT molecular complexity index is 449. The fourth-order valence-electron chi connectivity index (χ4n) is 3.71. The number of aliphatic hydroxyl groups is 1. The first kappa shape index (κ1) is 14.6. The summed E-state index contributed by atoms with van der Waals surface area (Å²) in [5.41, 5.74) is 3.08. The minimum absolute atomic E-state index is 0.380. The van der Waals surface area contributed by atoms with Crippen molar-refractivity contribution in [3.8, 4) is 0 Å². The van der Waals surface area contributed by atoms with Gasteiger partial charge in [0.1, 0.15) is 0 Å². The summed E-state index contributed by atoms with van der Waals surface area (Å²) in [5, 5.41) is 11.4. The Morgan fingerprint density at radius 3 is 2.42 bits per heavy atom. The smallest absolute Gasteiger partial charge is 0.0929 e. The first-order valence-corrected chi connectivity index (χ1v) is 7.64. The van der Waals surface area contributed by atoms with E-state index in [4.69, 9.17) is 0 Å². The molecule has 1 aromatic carbocycles. The lowest BCUT2D eigenvalue weighted by molar-refractivity contribution is -0.0866. The van der Waals surface area contributed by atoms with Crippen molar-refractivity contribution < 1.29 is 5.11 Å². The van der Waals surface area contributed by atoms with Crippen molar-refractivity contribution in [3.05, 3.63) is 34.9 Å². The lowest BCUT2D eigenvalue weighted by Gasteiger charge is -2.45. The molecule has 3 atom stereocenters. The summed E-state index contributed by atoms with van der Waals surface area (Å²) in [4.78, 5) is 0. The Morgan fingerprint density at radius 2 is 1.84 bits per heavy atom. The van der Waals surface area contributed by atoms with Crippen LogP contribution in [0.4, 0.5) is 0 Å². The van der Waals surface area contributed by atoms with Crippen LogP contribution < -0.4 is 0 Å². The maximum atomic E-state index is 11.4. The Morgan fingerprint density at radius 1 is 1.16 bits per heavy atom. The van der Waals surface area contributed by atoms with Crippen LogP contribution in [0.5, 0.6) is 0 Å². The SMILES string of the molecule is Cc1ccc(C2(O)CC(C)CCC2C(C)C)cc1C. The molecular formula is C18H28O. The molecule has 1 saturated carbocycles. The molecule has 19 heavy (non-hydrogen) atoms. The summed E-state index contributed by atoms with van der Waals surface area (Å²) in [5.74, 6) is 1.52. The van der Waals surface area contributed by atoms with Gasteiger partial charge in [-0.15, -0.1) is 0 Å². The second-order valence-corrected chi connectivity index (χ2v) is 6.96. The van der Waals surface area contributed by atoms with Gasteiger partial charge in [0.2, 0.25) is 0 Å². The van der Waals surface area contributed by atoms with Gasteiger partial charge in [-0.2, -0.15) is 0 Å². The average Bonchev–Trinajstić information content (AvgIpc) is 2.31. The van der Waals surface area contributed by atoms with Crippen molar-refractivity contribution in [2.24, 2.45) is 17.8 Å². The third kappa shape index (κ3) is 2.72. The Kier molecular flexibility index (Phi) is 4.06. The van der Waals surface area contributed by atoms with Gasteiger partial charge in [0, 0.05) is 0 Å². The van der Waals surface area contributed by atoms with Crippen LogP contribution >= 0.6 is 0 Å². The highest BCUT2D eigenvalue weighted by atomic mass is 16.3. The first-order chi connectivity index (χ1) is 8.84. The van der Waals surface area contributed by atoms with E-state index in [1.54, 1.807) is 0 Å². The number of hydrogen-bond acceptors (Lipinski definition) is 1. The molecule has 0 aliphatic heterocycles. The highest BCUT2D eigenvalue weighted by Gasteiger charge is 2.43. The summed E-state index contributed by atoms with van der Waals surface area (Å²) < 4.78 is 0. The minimum Gasteiger partial charge on any atom is -0.385 e. The average molecular weight is 260 g/mol. The molecule has 0 heterocycles. The molecule has 1 heteroatoms. The Balaban J connectivity index is 2.43. The zero-order valence-electron chi connectivity index (χ0n) is 13.0. The van der Waals surface area contributed by atoms with Gasteiger partial charge in [-0.1, -0.05) is 45.4 Å². The number of rotatable bonds is 2. The van der Waals surface area contributed by atoms with Crippen molar-refractivity contribution in [1.82, 2.24) is 0 Å². The largest absolute Gasteiger partial charge is 0.385 e. The standard InChI is InChI=1S/C18H28O/c1-12(2)17-9-6-13(3)11-18(17,19)16-8-7-14(4)15(5)10-16/h7-8,10,12-13,17,19H,6,9,11H2,1-5H3. The number of benzene rings is 1. The quantitative estimate of drug-likeness (QED) is 0.825. The lowest BCUT2D eigenvalue weighted by atomic mass is 9.64. The molecule has 1 nitrogen and oxygen atoms in total. The first-order valence-electron chi connectivity index (χ1n) is 7.64. The van der Waals surface area contributed by atoms with E-state index < -0.39 is 5.60 Å². The highest BCUT2D eigenvalue weighted by molar-refractivity contribution is 5.34. The van der Waals surface area contributed by atoms with Crippen LogP contribution in [0.3, 0.4) is 0 Å². The molecule has 0 saturated heterocycles. The van der Waals surface area contributed by atoms with Gasteiger partial charge >= 0.3 is 0 Å². The van der Waals surface area contributed by atoms with E-state index in [-0.39, 0.29) is 0 Å². The number of hydrogen-bond donors (Lipinski definition) is 1. The predicted octanol–water partition coefficient (Wildman–Crippen LogP) is 4.58. The van der Waals surface area contributed by atoms with E-state index in [9.17, 15) is 5.11 Å². The van der Waals surface area contributed by atoms with Gasteiger partial charge in [-0.25, -0.2) is 0 Å². The summed E-state index contributed by atoms with van der Waals surface area (Å²) in [6, 6.07) is 6.48. The summed E-state index contributed by atoms with van der Waals surface area (Å²) in [6.07, 6.45) is 3.29. The van der Waals surface area contributed by atoms with Crippen molar-refractivity contribution in [1.29, 1.82) is 0 Å². The molecule has 1 N–H and O–H groups in total. The lowest BCUT2D eigenvalue weighted by Crippen LogP contribution is -2.43. The topological polar surface area (TPSA) is 20.2 Å². The van der Waals surface area contributed by atoms with E-state index >= 15 is 0 Å². The number of aryl methyl sites for hydroxylation is 2. The monoisotopic (exact) mass is 260 g/mol. The summed E-state index contributed by atoms with van der Waals surface area (Å²) in [6.45, 7) is 11.0. The van der Waals surface area contributed by atoms with Crippen LogP contribution in [-0.2, 0) is 5.60 Å². The zero-order chi connectivity index (χ0) is 14.2. The van der Waals surface area contributed by atoms with Gasteiger partial charge < -0.3 is 5.11 Å². The molecule has 1 aromatic rings. The zero-order valence-corrected chi connectivity index (χ0v) is 13.0. The van der Waals surface area contributed by atoms with Crippen LogP contribution in [0.1, 0.15) is 56.7 Å². The second kappa shape index (κ2) is 5.28. The predicted molar refractivity (Wildman–Crippen MR) is 81.2 cm³/mol. The van der Waals surface area contributed by atoms with Gasteiger partial charge in [-0.3, -0.25) is 0 Å². The van der Waals surface area contributed by atoms with Crippen molar-refractivity contribution in [3.63, 3.8) is 0 Å². The van der Waals surface area contributed by atoms with Crippen molar-refractivity contribution in [2.75, 3.05) is 0 Å². The molecule has 0 radical (unpaired) electrons. The molecule has 0 aromatic heterocycles. The minimum atomic E-state index is -0.635. The Hall–Kier alpha value is -0.820. The van der Waals surface area contributed by atoms with Gasteiger partial charge in [0.05, 0.1) is 5.60 Å². The molecule has 0 bridgehead atoms. The van der Waals surface area contributed by atoms with Gasteiger partial charge in [0.15, 0.2) is 0 Å². The molecule has 106 valence electrons. The van der Waals surface area contributed by atoms with E-state index in [1.165, 1.54) is 17.5 Å². The molecule has 0 spiro atoms. The normalized spacial score (nSPS) is 31.7. The van der Waals surface area contributed by atoms with E-state index in [2.05, 4.69) is 52.8 Å². The highest BCUT2D eigenvalue weighted by Crippen LogP contribution is 2.47. The second-order valence-electron chi connectivity index (χ2n) is 6.96. The molecular weight excluding hydrogens is 232 g/mol. The molecule has 2 rings (SSSR count). The summed E-state index contributed by atoms with van der Waals surface area (Å²) >= 11 is 0. The van der Waals surface area contributed by atoms with Crippen molar-refractivity contribution in [2.45, 2.75) is 59.5 Å². The van der Waals surface area contributed by atoms with Crippen LogP contribution in [0, 0.1) is 31.6 Å². The molecule has 0 amide bonds. The van der Waals surface area contributed by atoms with Crippen LogP contribution in [0.15, 0.2) is 18.2 Å². The molecule has 1 fully saturated rings. The maximum absolute atomic E-state index is 11.4. The maximum Gasteiger partial charge on any atom is 0.0929 e. The van der Waals surface area contributed by atoms with Crippen LogP contribution in [0.2, 0.25) is 0 Å². The van der Waals surface area contributed by atoms with Gasteiger partial charge in [-0.05, 0) is 61.1 Å². The van der Waals surface area contributed by atoms with Crippen molar-refractivity contribution >= 4 is 0 Å². The van der Waals surface area contributed by atoms with E-state index in [0.717, 1.165) is 18.4 Å². The molecule has 3 unspecified atom stereocenters. The fraction of sp³-hybridized carbons (Fsp3) is 0.667. The van der Waals surface area contributed by atoms with E-state index in [1.807, 2.05) is 0 Å². The van der Waals surface area contributed by atoms with E-state index in [0.29, 0.717) is 17.8 Å². The third-order valence-corrected chi connectivity index (χ3v) is 5.06. The molecule has 1 aliphatic carbocycles. The van der Waals surface area contributed by atoms with Crippen LogP contribution in [0.25, 0.3) is 0 Å². The Labute approximate surface area is 118 Å².